The lowest BCUT2D eigenvalue weighted by atomic mass is 9.75. The number of fused-ring (bicyclic) bond motifs is 6. The molecule has 6 heteroatoms. The molecule has 3 aliphatic heterocycles. The van der Waals surface area contributed by atoms with E-state index in [0.717, 1.165) is 6.42 Å². The third-order valence-corrected chi connectivity index (χ3v) is 6.96. The summed E-state index contributed by atoms with van der Waals surface area (Å²) in [6.07, 6.45) is 1.29. The fraction of sp³-hybridized carbons (Fsp3) is 0.882. The Balaban J connectivity index is 1.58. The average molecular weight is 322 g/mol. The van der Waals surface area contributed by atoms with E-state index in [9.17, 15) is 9.59 Å². The number of rotatable bonds is 1. The molecule has 0 N–H and O–H groups in total. The van der Waals surface area contributed by atoms with Crippen molar-refractivity contribution in [2.45, 2.75) is 63.1 Å². The number of hydrogen-bond donors (Lipinski definition) is 0. The van der Waals surface area contributed by atoms with Crippen molar-refractivity contribution in [3.05, 3.63) is 0 Å². The van der Waals surface area contributed by atoms with Crippen LogP contribution in [0.4, 0.5) is 0 Å². The molecule has 0 radical (unpaired) electrons. The lowest BCUT2D eigenvalue weighted by molar-refractivity contribution is -0.151. The average Bonchev–Trinajstić information content (AvgIpc) is 3.32. The van der Waals surface area contributed by atoms with Gasteiger partial charge < -0.3 is 18.9 Å². The SMILES string of the molecule is CC(=O)O[C@@H]1C[C@@]2(CO2)[C@@H]2C[C@H]3O[C@]3(C)[C@@H]2[C@@H]2OC(=O)[C@H](C)[C@@H]21. The molecule has 5 rings (SSSR count). The van der Waals surface area contributed by atoms with Crippen molar-refractivity contribution in [3.8, 4) is 0 Å². The molecule has 0 unspecified atom stereocenters. The first-order chi connectivity index (χ1) is 10.9. The van der Waals surface area contributed by atoms with E-state index in [1.807, 2.05) is 6.92 Å². The summed E-state index contributed by atoms with van der Waals surface area (Å²) in [5, 5.41) is 0. The molecule has 2 saturated carbocycles. The Bertz CT molecular complexity index is 598. The minimum absolute atomic E-state index is 0.109. The maximum absolute atomic E-state index is 12.2. The Morgan fingerprint density at radius 3 is 2.78 bits per heavy atom. The van der Waals surface area contributed by atoms with Crippen molar-refractivity contribution in [3.63, 3.8) is 0 Å². The van der Waals surface area contributed by atoms with Crippen molar-refractivity contribution >= 4 is 11.9 Å². The van der Waals surface area contributed by atoms with Gasteiger partial charge in [-0.15, -0.1) is 0 Å². The Morgan fingerprint density at radius 2 is 2.13 bits per heavy atom. The molecule has 0 aromatic heterocycles. The largest absolute Gasteiger partial charge is 0.462 e. The monoisotopic (exact) mass is 322 g/mol. The van der Waals surface area contributed by atoms with Crippen LogP contribution in [0.2, 0.25) is 0 Å². The maximum atomic E-state index is 12.2. The summed E-state index contributed by atoms with van der Waals surface area (Å²) in [6.45, 7) is 6.13. The highest BCUT2D eigenvalue weighted by Gasteiger charge is 2.77. The first-order valence-electron chi connectivity index (χ1n) is 8.55. The van der Waals surface area contributed by atoms with Crippen molar-refractivity contribution < 1.29 is 28.5 Å². The van der Waals surface area contributed by atoms with Crippen LogP contribution in [0.15, 0.2) is 0 Å². The molecule has 0 bridgehead atoms. The fourth-order valence-electron chi connectivity index (χ4n) is 5.72. The molecule has 0 aromatic rings. The third-order valence-electron chi connectivity index (χ3n) is 6.96. The second kappa shape index (κ2) is 4.09. The van der Waals surface area contributed by atoms with Gasteiger partial charge in [-0.1, -0.05) is 6.92 Å². The Kier molecular flexibility index (Phi) is 2.53. The summed E-state index contributed by atoms with van der Waals surface area (Å²) in [5.74, 6) is -0.416. The summed E-state index contributed by atoms with van der Waals surface area (Å²) in [7, 11) is 0. The lowest BCUT2D eigenvalue weighted by Gasteiger charge is -2.32. The minimum Gasteiger partial charge on any atom is -0.462 e. The van der Waals surface area contributed by atoms with Gasteiger partial charge in [0.25, 0.3) is 0 Å². The molecule has 5 aliphatic rings. The molecular formula is C17H22O6. The first kappa shape index (κ1) is 14.2. The van der Waals surface area contributed by atoms with E-state index < -0.39 is 0 Å². The quantitative estimate of drug-likeness (QED) is 0.531. The highest BCUT2D eigenvalue weighted by molar-refractivity contribution is 5.75. The summed E-state index contributed by atoms with van der Waals surface area (Å²) in [4.78, 5) is 23.8. The predicted octanol–water partition coefficient (Wildman–Crippen LogP) is 1.06. The molecule has 3 heterocycles. The van der Waals surface area contributed by atoms with Crippen LogP contribution < -0.4 is 0 Å². The van der Waals surface area contributed by atoms with Crippen molar-refractivity contribution in [1.29, 1.82) is 0 Å². The van der Waals surface area contributed by atoms with Gasteiger partial charge in [-0.2, -0.15) is 0 Å². The molecule has 9 atom stereocenters. The second-order valence-corrected chi connectivity index (χ2v) is 8.13. The van der Waals surface area contributed by atoms with Gasteiger partial charge in [-0.3, -0.25) is 9.59 Å². The van der Waals surface area contributed by atoms with Crippen LogP contribution in [-0.2, 0) is 28.5 Å². The fourth-order valence-corrected chi connectivity index (χ4v) is 5.72. The van der Waals surface area contributed by atoms with E-state index in [1.54, 1.807) is 0 Å². The number of esters is 2. The van der Waals surface area contributed by atoms with Gasteiger partial charge in [0.05, 0.1) is 29.8 Å². The second-order valence-electron chi connectivity index (χ2n) is 8.13. The maximum Gasteiger partial charge on any atom is 0.309 e. The number of carbonyl (C=O) groups is 2. The summed E-state index contributed by atoms with van der Waals surface area (Å²) in [6, 6.07) is 0. The van der Waals surface area contributed by atoms with Crippen molar-refractivity contribution in [1.82, 2.24) is 0 Å². The summed E-state index contributed by atoms with van der Waals surface area (Å²) >= 11 is 0. The van der Waals surface area contributed by atoms with Crippen LogP contribution in [0.25, 0.3) is 0 Å². The first-order valence-corrected chi connectivity index (χ1v) is 8.55. The number of epoxide rings is 2. The van der Waals surface area contributed by atoms with Crippen LogP contribution in [0.1, 0.15) is 33.6 Å². The molecule has 6 nitrogen and oxygen atoms in total. The van der Waals surface area contributed by atoms with Gasteiger partial charge in [-0.25, -0.2) is 0 Å². The Labute approximate surface area is 134 Å². The van der Waals surface area contributed by atoms with Gasteiger partial charge in [0.1, 0.15) is 12.2 Å². The van der Waals surface area contributed by atoms with Crippen LogP contribution in [-0.4, -0.2) is 48.1 Å². The molecule has 126 valence electrons. The highest BCUT2D eigenvalue weighted by atomic mass is 16.6. The number of ether oxygens (including phenoxy) is 4. The zero-order valence-corrected chi connectivity index (χ0v) is 13.6. The normalized spacial score (nSPS) is 58.7. The molecule has 1 spiro atoms. The smallest absolute Gasteiger partial charge is 0.309 e. The highest BCUT2D eigenvalue weighted by Crippen LogP contribution is 2.67. The van der Waals surface area contributed by atoms with E-state index in [-0.39, 0.29) is 59.2 Å². The Morgan fingerprint density at radius 1 is 1.39 bits per heavy atom. The molecule has 2 aliphatic carbocycles. The number of hydrogen-bond acceptors (Lipinski definition) is 6. The van der Waals surface area contributed by atoms with Crippen molar-refractivity contribution in [2.24, 2.45) is 23.7 Å². The zero-order valence-electron chi connectivity index (χ0n) is 13.6. The number of carbonyl (C=O) groups excluding carboxylic acids is 2. The van der Waals surface area contributed by atoms with Crippen LogP contribution in [0, 0.1) is 23.7 Å². The standard InChI is InChI=1S/C17H22O6/c1-7-12-10(21-8(2)18)5-17(6-20-17)9-4-11-16(3,23-11)13(9)14(12)22-15(7)19/h7,9-14H,4-6H2,1-3H3/t7-,9-,10-,11-,12-,13+,14-,16+,17-/m1/s1. The van der Waals surface area contributed by atoms with Gasteiger partial charge >= 0.3 is 11.9 Å². The summed E-state index contributed by atoms with van der Waals surface area (Å²) < 4.78 is 23.3. The van der Waals surface area contributed by atoms with Crippen LogP contribution in [0.5, 0.6) is 0 Å². The zero-order chi connectivity index (χ0) is 16.1. The molecule has 5 fully saturated rings. The lowest BCUT2D eigenvalue weighted by Crippen LogP contribution is -2.42. The minimum atomic E-state index is -0.326. The Hall–Kier alpha value is -1.14. The van der Waals surface area contributed by atoms with E-state index in [4.69, 9.17) is 18.9 Å². The van der Waals surface area contributed by atoms with Gasteiger partial charge in [0.2, 0.25) is 0 Å². The van der Waals surface area contributed by atoms with Gasteiger partial charge in [0.15, 0.2) is 0 Å². The van der Waals surface area contributed by atoms with Crippen LogP contribution in [0.3, 0.4) is 0 Å². The van der Waals surface area contributed by atoms with E-state index in [2.05, 4.69) is 6.92 Å². The molecule has 23 heavy (non-hydrogen) atoms. The third kappa shape index (κ3) is 1.71. The topological polar surface area (TPSA) is 77.7 Å². The van der Waals surface area contributed by atoms with Gasteiger partial charge in [-0.05, 0) is 13.3 Å². The summed E-state index contributed by atoms with van der Waals surface area (Å²) in [5.41, 5.74) is -0.441. The van der Waals surface area contributed by atoms with Crippen molar-refractivity contribution in [2.75, 3.05) is 6.61 Å². The molecule has 0 amide bonds. The van der Waals surface area contributed by atoms with Gasteiger partial charge in [0, 0.05) is 31.1 Å². The van der Waals surface area contributed by atoms with Crippen LogP contribution >= 0.6 is 0 Å². The molecule has 3 saturated heterocycles. The predicted molar refractivity (Wildman–Crippen MR) is 76.3 cm³/mol. The molecule has 0 aromatic carbocycles. The van der Waals surface area contributed by atoms with E-state index in [0.29, 0.717) is 18.9 Å². The molecular weight excluding hydrogens is 300 g/mol. The van der Waals surface area contributed by atoms with E-state index >= 15 is 0 Å². The van der Waals surface area contributed by atoms with E-state index in [1.165, 1.54) is 6.92 Å².